The van der Waals surface area contributed by atoms with Crippen LogP contribution in [0.2, 0.25) is 0 Å². The highest BCUT2D eigenvalue weighted by molar-refractivity contribution is 6.23. The molecule has 0 spiro atoms. The molecule has 0 aromatic heterocycles. The minimum absolute atomic E-state index is 0.281. The number of hydrogen-bond acceptors (Lipinski definition) is 2. The molecule has 0 heterocycles. The Morgan fingerprint density at radius 2 is 1.58 bits per heavy atom. The first-order valence-electron chi connectivity index (χ1n) is 8.34. The van der Waals surface area contributed by atoms with E-state index in [4.69, 9.17) is 4.74 Å². The lowest BCUT2D eigenvalue weighted by Crippen LogP contribution is -2.24. The van der Waals surface area contributed by atoms with Gasteiger partial charge in [-0.05, 0) is 44.3 Å². The Hall–Kier alpha value is -2.81. The first-order valence-corrected chi connectivity index (χ1v) is 8.34. The number of benzene rings is 4. The maximum absolute atomic E-state index is 11.7. The molecule has 0 aliphatic heterocycles. The molecule has 0 saturated carbocycles. The summed E-state index contributed by atoms with van der Waals surface area (Å²) in [6, 6.07) is 19.1. The number of carbonyl (C=O) groups excluding carboxylic acids is 1. The fourth-order valence-corrected chi connectivity index (χ4v) is 3.34. The number of hydrogen-bond donors (Lipinski definition) is 1. The van der Waals surface area contributed by atoms with Gasteiger partial charge in [-0.1, -0.05) is 61.5 Å². The highest BCUT2D eigenvalue weighted by Crippen LogP contribution is 2.35. The van der Waals surface area contributed by atoms with Crippen molar-refractivity contribution in [3.8, 4) is 0 Å². The molecule has 4 rings (SSSR count). The van der Waals surface area contributed by atoms with Crippen molar-refractivity contribution < 1.29 is 9.53 Å². The summed E-state index contributed by atoms with van der Waals surface area (Å²) in [7, 11) is 0. The molecular formula is C21H19NO2. The molecule has 0 saturated heterocycles. The molecular weight excluding hydrogens is 298 g/mol. The molecule has 120 valence electrons. The van der Waals surface area contributed by atoms with Crippen LogP contribution in [0.3, 0.4) is 0 Å². The van der Waals surface area contributed by atoms with Gasteiger partial charge in [0.15, 0.2) is 0 Å². The van der Waals surface area contributed by atoms with Crippen molar-refractivity contribution >= 4 is 38.4 Å². The molecule has 4 aromatic carbocycles. The van der Waals surface area contributed by atoms with Gasteiger partial charge in [0.2, 0.25) is 0 Å². The fraction of sp³-hybridized carbons (Fsp3) is 0.190. The van der Waals surface area contributed by atoms with Crippen LogP contribution in [0, 0.1) is 0 Å². The number of nitrogens with one attached hydrogen (secondary N) is 1. The average Bonchev–Trinajstić information content (AvgIpc) is 2.63. The number of carbonyl (C=O) groups is 1. The van der Waals surface area contributed by atoms with Gasteiger partial charge in [0.05, 0.1) is 0 Å². The molecule has 0 unspecified atom stereocenters. The second-order valence-corrected chi connectivity index (χ2v) is 6.08. The van der Waals surface area contributed by atoms with Crippen LogP contribution in [0.1, 0.15) is 18.9 Å². The summed E-state index contributed by atoms with van der Waals surface area (Å²) in [5.74, 6) is 0. The van der Waals surface area contributed by atoms with E-state index in [1.165, 1.54) is 26.9 Å². The Balaban J connectivity index is 1.78. The Bertz CT molecular complexity index is 1010. The van der Waals surface area contributed by atoms with Gasteiger partial charge in [-0.25, -0.2) is 4.79 Å². The maximum atomic E-state index is 11.7. The van der Waals surface area contributed by atoms with Crippen LogP contribution in [-0.4, -0.2) is 12.6 Å². The summed E-state index contributed by atoms with van der Waals surface area (Å²) in [6.07, 6.45) is 0.538. The summed E-state index contributed by atoms with van der Waals surface area (Å²) < 4.78 is 5.37. The smallest absolute Gasteiger partial charge is 0.407 e. The number of alkyl carbamates (subject to hydrolysis) is 1. The van der Waals surface area contributed by atoms with E-state index in [9.17, 15) is 4.79 Å². The van der Waals surface area contributed by atoms with E-state index in [0.29, 0.717) is 6.54 Å². The summed E-state index contributed by atoms with van der Waals surface area (Å²) in [4.78, 5) is 11.7. The summed E-state index contributed by atoms with van der Waals surface area (Å²) in [6.45, 7) is 2.93. The van der Waals surface area contributed by atoms with Gasteiger partial charge >= 0.3 is 6.09 Å². The van der Waals surface area contributed by atoms with E-state index in [1.807, 2.05) is 6.92 Å². The largest absolute Gasteiger partial charge is 0.445 e. The topological polar surface area (TPSA) is 38.3 Å². The third kappa shape index (κ3) is 2.42. The molecule has 0 radical (unpaired) electrons. The number of ether oxygens (including phenoxy) is 1. The van der Waals surface area contributed by atoms with Gasteiger partial charge in [-0.15, -0.1) is 0 Å². The normalized spacial score (nSPS) is 11.4. The minimum atomic E-state index is -0.359. The third-order valence-electron chi connectivity index (χ3n) is 4.50. The van der Waals surface area contributed by atoms with Gasteiger partial charge in [0.1, 0.15) is 6.61 Å². The molecule has 0 bridgehead atoms. The second-order valence-electron chi connectivity index (χ2n) is 6.08. The summed E-state index contributed by atoms with van der Waals surface area (Å²) >= 11 is 0. The molecule has 0 aliphatic rings. The van der Waals surface area contributed by atoms with Crippen molar-refractivity contribution in [2.75, 3.05) is 6.54 Å². The molecule has 1 N–H and O–H groups in total. The van der Waals surface area contributed by atoms with Crippen LogP contribution in [-0.2, 0) is 11.3 Å². The van der Waals surface area contributed by atoms with Crippen molar-refractivity contribution in [2.45, 2.75) is 20.0 Å². The quantitative estimate of drug-likeness (QED) is 0.524. The van der Waals surface area contributed by atoms with Crippen LogP contribution in [0.15, 0.2) is 54.6 Å². The molecule has 3 heteroatoms. The molecule has 1 amide bonds. The Kier molecular flexibility index (Phi) is 3.69. The van der Waals surface area contributed by atoms with Gasteiger partial charge in [-0.3, -0.25) is 0 Å². The highest BCUT2D eigenvalue weighted by Gasteiger charge is 2.11. The van der Waals surface area contributed by atoms with Crippen molar-refractivity contribution in [3.63, 3.8) is 0 Å². The van der Waals surface area contributed by atoms with Crippen LogP contribution >= 0.6 is 0 Å². The van der Waals surface area contributed by atoms with Gasteiger partial charge < -0.3 is 10.1 Å². The third-order valence-corrected chi connectivity index (χ3v) is 4.50. The van der Waals surface area contributed by atoms with Gasteiger partial charge in [0.25, 0.3) is 0 Å². The lowest BCUT2D eigenvalue weighted by Gasteiger charge is -2.14. The predicted molar refractivity (Wildman–Crippen MR) is 98.6 cm³/mol. The molecule has 0 atom stereocenters. The highest BCUT2D eigenvalue weighted by atomic mass is 16.5. The van der Waals surface area contributed by atoms with Gasteiger partial charge in [-0.2, -0.15) is 0 Å². The van der Waals surface area contributed by atoms with E-state index in [0.717, 1.165) is 17.4 Å². The zero-order chi connectivity index (χ0) is 16.5. The van der Waals surface area contributed by atoms with Crippen LogP contribution in [0.4, 0.5) is 4.79 Å². The average molecular weight is 317 g/mol. The molecule has 0 aliphatic carbocycles. The predicted octanol–water partition coefficient (Wildman–Crippen LogP) is 5.22. The van der Waals surface area contributed by atoms with E-state index >= 15 is 0 Å². The molecule has 0 fully saturated rings. The molecule has 3 nitrogen and oxygen atoms in total. The lowest BCUT2D eigenvalue weighted by molar-refractivity contribution is 0.140. The first kappa shape index (κ1) is 14.8. The van der Waals surface area contributed by atoms with Crippen molar-refractivity contribution in [3.05, 3.63) is 60.2 Å². The fourth-order valence-electron chi connectivity index (χ4n) is 3.34. The van der Waals surface area contributed by atoms with Crippen LogP contribution in [0.25, 0.3) is 32.3 Å². The van der Waals surface area contributed by atoms with Crippen molar-refractivity contribution in [1.29, 1.82) is 0 Å². The zero-order valence-corrected chi connectivity index (χ0v) is 13.6. The van der Waals surface area contributed by atoms with Crippen molar-refractivity contribution in [1.82, 2.24) is 5.32 Å². The first-order chi connectivity index (χ1) is 11.8. The standard InChI is InChI=1S/C21H19NO2/c1-2-12-22-21(23)24-13-17-9-8-16-7-6-14-4-3-5-15-10-11-18(17)20(16)19(14)15/h3-11H,2,12-13H2,1H3,(H,22,23). The van der Waals surface area contributed by atoms with E-state index in [1.54, 1.807) is 0 Å². The van der Waals surface area contributed by atoms with Gasteiger partial charge in [0, 0.05) is 6.54 Å². The van der Waals surface area contributed by atoms with E-state index in [2.05, 4.69) is 59.9 Å². The van der Waals surface area contributed by atoms with Crippen LogP contribution in [0.5, 0.6) is 0 Å². The summed E-state index contributed by atoms with van der Waals surface area (Å²) in [5, 5.41) is 10.1. The minimum Gasteiger partial charge on any atom is -0.445 e. The molecule has 24 heavy (non-hydrogen) atoms. The number of rotatable bonds is 4. The van der Waals surface area contributed by atoms with E-state index < -0.39 is 0 Å². The Morgan fingerprint density at radius 3 is 2.33 bits per heavy atom. The Morgan fingerprint density at radius 1 is 0.917 bits per heavy atom. The number of amides is 1. The molecule has 4 aromatic rings. The second kappa shape index (κ2) is 6.00. The van der Waals surface area contributed by atoms with Crippen LogP contribution < -0.4 is 5.32 Å². The maximum Gasteiger partial charge on any atom is 0.407 e. The zero-order valence-electron chi connectivity index (χ0n) is 13.6. The summed E-state index contributed by atoms with van der Waals surface area (Å²) in [5.41, 5.74) is 1.03. The van der Waals surface area contributed by atoms with E-state index in [-0.39, 0.29) is 12.7 Å². The monoisotopic (exact) mass is 317 g/mol. The SMILES string of the molecule is CCCNC(=O)OCc1ccc2ccc3cccc4ccc1c2c34. The van der Waals surface area contributed by atoms with Crippen molar-refractivity contribution in [2.24, 2.45) is 0 Å². The Labute approximate surface area is 140 Å². The lowest BCUT2D eigenvalue weighted by atomic mass is 9.92.